The van der Waals surface area contributed by atoms with E-state index < -0.39 is 0 Å². The van der Waals surface area contributed by atoms with Crippen LogP contribution in [0.5, 0.6) is 5.75 Å². The predicted octanol–water partition coefficient (Wildman–Crippen LogP) is 3.06. The zero-order valence-electron chi connectivity index (χ0n) is 9.43. The number of hydrogen-bond acceptors (Lipinski definition) is 2. The summed E-state index contributed by atoms with van der Waals surface area (Å²) in [6, 6.07) is 7.94. The van der Waals surface area contributed by atoms with Crippen LogP contribution in [0.4, 0.5) is 0 Å². The summed E-state index contributed by atoms with van der Waals surface area (Å²) in [5, 5.41) is 10.0. The summed E-state index contributed by atoms with van der Waals surface area (Å²) < 4.78 is 5.73. The fourth-order valence-corrected chi connectivity index (χ4v) is 1.98. The molecule has 86 valence electrons. The highest BCUT2D eigenvalue weighted by Crippen LogP contribution is 2.38. The number of aliphatic hydroxyl groups is 1. The van der Waals surface area contributed by atoms with Crippen LogP contribution in [-0.2, 0) is 0 Å². The van der Waals surface area contributed by atoms with Crippen LogP contribution in [0.15, 0.2) is 24.3 Å². The molecule has 0 aromatic heterocycles. The maximum Gasteiger partial charge on any atom is 0.120 e. The molecule has 2 aliphatic carbocycles. The first kappa shape index (κ1) is 10.2. The SMILES string of the molecule is OC(CC1CC1)c1cccc(OC2CC2)c1. The van der Waals surface area contributed by atoms with Gasteiger partial charge in [0.2, 0.25) is 0 Å². The van der Waals surface area contributed by atoms with E-state index >= 15 is 0 Å². The zero-order chi connectivity index (χ0) is 11.0. The van der Waals surface area contributed by atoms with Crippen LogP contribution in [0.3, 0.4) is 0 Å². The van der Waals surface area contributed by atoms with Crippen LogP contribution in [0.25, 0.3) is 0 Å². The molecule has 1 unspecified atom stereocenters. The minimum Gasteiger partial charge on any atom is -0.490 e. The molecule has 3 rings (SSSR count). The van der Waals surface area contributed by atoms with Gasteiger partial charge in [-0.3, -0.25) is 0 Å². The summed E-state index contributed by atoms with van der Waals surface area (Å²) in [7, 11) is 0. The molecule has 2 fully saturated rings. The first-order chi connectivity index (χ1) is 7.81. The second-order valence-electron chi connectivity index (χ2n) is 5.08. The normalized spacial score (nSPS) is 21.8. The van der Waals surface area contributed by atoms with Gasteiger partial charge in [0.05, 0.1) is 12.2 Å². The van der Waals surface area contributed by atoms with Crippen molar-refractivity contribution < 1.29 is 9.84 Å². The Morgan fingerprint density at radius 3 is 2.75 bits per heavy atom. The van der Waals surface area contributed by atoms with Gasteiger partial charge in [-0.05, 0) is 42.9 Å². The van der Waals surface area contributed by atoms with Gasteiger partial charge < -0.3 is 9.84 Å². The van der Waals surface area contributed by atoms with Crippen molar-refractivity contribution in [2.45, 2.75) is 44.3 Å². The molecule has 0 heterocycles. The third-order valence-electron chi connectivity index (χ3n) is 3.32. The maximum absolute atomic E-state index is 10.0. The van der Waals surface area contributed by atoms with Gasteiger partial charge in [-0.2, -0.15) is 0 Å². The smallest absolute Gasteiger partial charge is 0.120 e. The van der Waals surface area contributed by atoms with E-state index in [9.17, 15) is 5.11 Å². The molecule has 1 atom stereocenters. The number of rotatable bonds is 5. The summed E-state index contributed by atoms with van der Waals surface area (Å²) in [5.74, 6) is 1.66. The second-order valence-corrected chi connectivity index (χ2v) is 5.08. The van der Waals surface area contributed by atoms with Crippen molar-refractivity contribution >= 4 is 0 Å². The number of ether oxygens (including phenoxy) is 1. The Hall–Kier alpha value is -1.02. The Bertz CT molecular complexity index is 367. The number of aliphatic hydroxyl groups excluding tert-OH is 1. The molecular weight excluding hydrogens is 200 g/mol. The van der Waals surface area contributed by atoms with Crippen LogP contribution < -0.4 is 4.74 Å². The van der Waals surface area contributed by atoms with Crippen molar-refractivity contribution in [1.29, 1.82) is 0 Å². The highest BCUT2D eigenvalue weighted by atomic mass is 16.5. The van der Waals surface area contributed by atoms with Gasteiger partial charge in [0.1, 0.15) is 5.75 Å². The van der Waals surface area contributed by atoms with Crippen LogP contribution in [0, 0.1) is 5.92 Å². The summed E-state index contributed by atoms with van der Waals surface area (Å²) in [6.45, 7) is 0. The number of benzene rings is 1. The predicted molar refractivity (Wildman–Crippen MR) is 62.4 cm³/mol. The number of hydrogen-bond donors (Lipinski definition) is 1. The lowest BCUT2D eigenvalue weighted by Crippen LogP contribution is -2.00. The molecule has 0 bridgehead atoms. The average molecular weight is 218 g/mol. The molecule has 1 N–H and O–H groups in total. The van der Waals surface area contributed by atoms with Gasteiger partial charge in [0.15, 0.2) is 0 Å². The largest absolute Gasteiger partial charge is 0.490 e. The van der Waals surface area contributed by atoms with Crippen LogP contribution in [-0.4, -0.2) is 11.2 Å². The zero-order valence-corrected chi connectivity index (χ0v) is 9.43. The van der Waals surface area contributed by atoms with E-state index in [4.69, 9.17) is 4.74 Å². The molecule has 0 saturated heterocycles. The first-order valence-corrected chi connectivity index (χ1v) is 6.26. The molecule has 1 aromatic rings. The fourth-order valence-electron chi connectivity index (χ4n) is 1.98. The van der Waals surface area contributed by atoms with Crippen LogP contribution >= 0.6 is 0 Å². The molecule has 16 heavy (non-hydrogen) atoms. The molecule has 2 saturated carbocycles. The lowest BCUT2D eigenvalue weighted by Gasteiger charge is -2.12. The maximum atomic E-state index is 10.0. The van der Waals surface area contributed by atoms with Crippen molar-refractivity contribution in [3.63, 3.8) is 0 Å². The highest BCUT2D eigenvalue weighted by molar-refractivity contribution is 5.30. The van der Waals surface area contributed by atoms with Crippen LogP contribution in [0.1, 0.15) is 43.8 Å². The van der Waals surface area contributed by atoms with E-state index in [0.717, 1.165) is 23.7 Å². The molecule has 1 aromatic carbocycles. The van der Waals surface area contributed by atoms with Crippen molar-refractivity contribution in [1.82, 2.24) is 0 Å². The quantitative estimate of drug-likeness (QED) is 0.823. The summed E-state index contributed by atoms with van der Waals surface area (Å²) in [4.78, 5) is 0. The topological polar surface area (TPSA) is 29.5 Å². The van der Waals surface area contributed by atoms with Gasteiger partial charge in [-0.15, -0.1) is 0 Å². The van der Waals surface area contributed by atoms with Crippen molar-refractivity contribution in [3.8, 4) is 5.75 Å². The average Bonchev–Trinajstić information content (AvgIpc) is 3.14. The minimum atomic E-state index is -0.310. The van der Waals surface area contributed by atoms with Crippen LogP contribution in [0.2, 0.25) is 0 Å². The van der Waals surface area contributed by atoms with E-state index in [1.165, 1.54) is 25.7 Å². The third-order valence-corrected chi connectivity index (χ3v) is 3.32. The molecular formula is C14H18O2. The highest BCUT2D eigenvalue weighted by Gasteiger charge is 2.26. The monoisotopic (exact) mass is 218 g/mol. The van der Waals surface area contributed by atoms with Crippen molar-refractivity contribution in [2.75, 3.05) is 0 Å². The van der Waals surface area contributed by atoms with Gasteiger partial charge >= 0.3 is 0 Å². The Morgan fingerprint density at radius 1 is 1.25 bits per heavy atom. The van der Waals surface area contributed by atoms with Crippen molar-refractivity contribution in [3.05, 3.63) is 29.8 Å². The summed E-state index contributed by atoms with van der Waals surface area (Å²) in [5.41, 5.74) is 1.00. The van der Waals surface area contributed by atoms with E-state index in [-0.39, 0.29) is 6.10 Å². The molecule has 0 radical (unpaired) electrons. The Morgan fingerprint density at radius 2 is 2.06 bits per heavy atom. The van der Waals surface area contributed by atoms with Crippen molar-refractivity contribution in [2.24, 2.45) is 5.92 Å². The second kappa shape index (κ2) is 4.10. The standard InChI is InChI=1S/C14H18O2/c15-14(8-10-4-5-10)11-2-1-3-13(9-11)16-12-6-7-12/h1-3,9-10,12,14-15H,4-8H2. The molecule has 2 aliphatic rings. The lowest BCUT2D eigenvalue weighted by atomic mass is 10.0. The molecule has 2 heteroatoms. The van der Waals surface area contributed by atoms with Gasteiger partial charge in [-0.25, -0.2) is 0 Å². The Labute approximate surface area is 96.2 Å². The Kier molecular flexibility index (Phi) is 2.60. The summed E-state index contributed by atoms with van der Waals surface area (Å²) >= 11 is 0. The van der Waals surface area contributed by atoms with Gasteiger partial charge in [0, 0.05) is 0 Å². The first-order valence-electron chi connectivity index (χ1n) is 6.26. The molecule has 0 aliphatic heterocycles. The van der Waals surface area contributed by atoms with E-state index in [1.54, 1.807) is 0 Å². The lowest BCUT2D eigenvalue weighted by molar-refractivity contribution is 0.159. The van der Waals surface area contributed by atoms with E-state index in [1.807, 2.05) is 24.3 Å². The Balaban J connectivity index is 1.66. The minimum absolute atomic E-state index is 0.310. The molecule has 2 nitrogen and oxygen atoms in total. The third kappa shape index (κ3) is 2.56. The van der Waals surface area contributed by atoms with Gasteiger partial charge in [-0.1, -0.05) is 25.0 Å². The summed E-state index contributed by atoms with van der Waals surface area (Å²) in [6.07, 6.45) is 5.95. The molecule has 0 amide bonds. The molecule has 0 spiro atoms. The van der Waals surface area contributed by atoms with E-state index in [2.05, 4.69) is 0 Å². The van der Waals surface area contributed by atoms with Gasteiger partial charge in [0.25, 0.3) is 0 Å². The van der Waals surface area contributed by atoms with E-state index in [0.29, 0.717) is 6.10 Å². The fraction of sp³-hybridized carbons (Fsp3) is 0.571.